The van der Waals surface area contributed by atoms with Crippen LogP contribution in [-0.2, 0) is 19.2 Å². The zero-order valence-electron chi connectivity index (χ0n) is 11.3. The molecule has 0 radical (unpaired) electrons. The second-order valence-electron chi connectivity index (χ2n) is 4.78. The number of carbonyl (C=O) groups is 4. The van der Waals surface area contributed by atoms with E-state index in [1.807, 2.05) is 0 Å². The first kappa shape index (κ1) is 16.9. The van der Waals surface area contributed by atoms with Crippen LogP contribution in [-0.4, -0.2) is 82.3 Å². The summed E-state index contributed by atoms with van der Waals surface area (Å²) < 4.78 is 0. The van der Waals surface area contributed by atoms with E-state index in [2.05, 4.69) is 10.6 Å². The molecule has 1 rings (SSSR count). The maximum absolute atomic E-state index is 11.7. The highest BCUT2D eigenvalue weighted by molar-refractivity contribution is 5.88. The number of nitrogens with one attached hydrogen (secondary N) is 2. The quantitative estimate of drug-likeness (QED) is 0.308. The Morgan fingerprint density at radius 3 is 1.95 bits per heavy atom. The van der Waals surface area contributed by atoms with Gasteiger partial charge in [0, 0.05) is 6.42 Å². The first-order valence-electron chi connectivity index (χ1n) is 6.09. The number of nitrogens with zero attached hydrogens (tertiary/aromatic N) is 1. The third-order valence-electron chi connectivity index (χ3n) is 3.21. The first-order chi connectivity index (χ1) is 9.71. The minimum atomic E-state index is -1.26. The molecule has 21 heavy (non-hydrogen) atoms. The van der Waals surface area contributed by atoms with Gasteiger partial charge in [0.25, 0.3) is 0 Å². The summed E-state index contributed by atoms with van der Waals surface area (Å²) in [7, 11) is 1.46. The molecule has 1 fully saturated rings. The fourth-order valence-corrected chi connectivity index (χ4v) is 2.05. The molecule has 0 aromatic carbocycles. The SMILES string of the molecule is CNC1(C(=O)O)CC1NC(=O)CN(CC(=O)O)CC(=O)O. The van der Waals surface area contributed by atoms with E-state index in [1.165, 1.54) is 7.05 Å². The predicted molar refractivity (Wildman–Crippen MR) is 67.7 cm³/mol. The molecule has 0 aromatic rings. The zero-order valence-corrected chi connectivity index (χ0v) is 11.3. The second kappa shape index (κ2) is 6.50. The van der Waals surface area contributed by atoms with Crippen LogP contribution in [0.15, 0.2) is 0 Å². The van der Waals surface area contributed by atoms with Crippen molar-refractivity contribution in [2.75, 3.05) is 26.7 Å². The van der Waals surface area contributed by atoms with E-state index in [1.54, 1.807) is 0 Å². The number of hydrogen-bond donors (Lipinski definition) is 5. The van der Waals surface area contributed by atoms with Crippen molar-refractivity contribution in [3.05, 3.63) is 0 Å². The number of carboxylic acid groups (broad SMARTS) is 3. The van der Waals surface area contributed by atoms with Crippen LogP contribution in [0.3, 0.4) is 0 Å². The van der Waals surface area contributed by atoms with Crippen LogP contribution >= 0.6 is 0 Å². The second-order valence-corrected chi connectivity index (χ2v) is 4.78. The summed E-state index contributed by atoms with van der Waals surface area (Å²) in [5.74, 6) is -4.24. The van der Waals surface area contributed by atoms with Crippen LogP contribution in [0.1, 0.15) is 6.42 Å². The maximum atomic E-state index is 11.7. The molecule has 118 valence electrons. The van der Waals surface area contributed by atoms with Gasteiger partial charge in [-0.1, -0.05) is 0 Å². The average Bonchev–Trinajstić information content (AvgIpc) is 3.01. The lowest BCUT2D eigenvalue weighted by Gasteiger charge is -2.18. The predicted octanol–water partition coefficient (Wildman–Crippen LogP) is -2.61. The summed E-state index contributed by atoms with van der Waals surface area (Å²) in [5.41, 5.74) is -1.21. The van der Waals surface area contributed by atoms with Crippen molar-refractivity contribution in [2.45, 2.75) is 18.0 Å². The van der Waals surface area contributed by atoms with Crippen molar-refractivity contribution in [3.8, 4) is 0 Å². The van der Waals surface area contributed by atoms with Crippen LogP contribution < -0.4 is 10.6 Å². The number of rotatable bonds is 9. The first-order valence-corrected chi connectivity index (χ1v) is 6.09. The van der Waals surface area contributed by atoms with Crippen LogP contribution in [0.4, 0.5) is 0 Å². The van der Waals surface area contributed by atoms with Gasteiger partial charge in [-0.2, -0.15) is 0 Å². The van der Waals surface area contributed by atoms with Crippen molar-refractivity contribution in [2.24, 2.45) is 0 Å². The number of amides is 1. The molecule has 1 aliphatic carbocycles. The summed E-state index contributed by atoms with van der Waals surface area (Å²) in [6, 6.07) is -0.607. The number of hydrogen-bond acceptors (Lipinski definition) is 6. The largest absolute Gasteiger partial charge is 0.480 e. The Morgan fingerprint density at radius 2 is 1.62 bits per heavy atom. The van der Waals surface area contributed by atoms with Gasteiger partial charge in [0.1, 0.15) is 5.54 Å². The molecule has 10 heteroatoms. The smallest absolute Gasteiger partial charge is 0.326 e. The Bertz CT molecular complexity index is 451. The third kappa shape index (κ3) is 4.39. The summed E-state index contributed by atoms with van der Waals surface area (Å²) in [4.78, 5) is 44.9. The van der Waals surface area contributed by atoms with Crippen LogP contribution in [0.5, 0.6) is 0 Å². The van der Waals surface area contributed by atoms with Gasteiger partial charge in [-0.25, -0.2) is 0 Å². The highest BCUT2D eigenvalue weighted by Gasteiger charge is 2.60. The molecule has 2 unspecified atom stereocenters. The number of likely N-dealkylation sites (N-methyl/N-ethyl adjacent to an activating group) is 1. The molecule has 0 heterocycles. The summed E-state index contributed by atoms with van der Waals surface area (Å²) in [6.45, 7) is -1.63. The number of carbonyl (C=O) groups excluding carboxylic acids is 1. The highest BCUT2D eigenvalue weighted by Crippen LogP contribution is 2.35. The van der Waals surface area contributed by atoms with Crippen molar-refractivity contribution < 1.29 is 34.5 Å². The van der Waals surface area contributed by atoms with E-state index in [9.17, 15) is 19.2 Å². The minimum Gasteiger partial charge on any atom is -0.480 e. The van der Waals surface area contributed by atoms with Crippen LogP contribution in [0.25, 0.3) is 0 Å². The Kier molecular flexibility index (Phi) is 5.22. The third-order valence-corrected chi connectivity index (χ3v) is 3.21. The topological polar surface area (TPSA) is 156 Å². The molecule has 1 aliphatic rings. The lowest BCUT2D eigenvalue weighted by Crippen LogP contribution is -2.48. The highest BCUT2D eigenvalue weighted by atomic mass is 16.4. The lowest BCUT2D eigenvalue weighted by atomic mass is 10.2. The molecule has 1 amide bonds. The molecule has 0 aliphatic heterocycles. The van der Waals surface area contributed by atoms with Crippen molar-refractivity contribution in [1.82, 2.24) is 15.5 Å². The van der Waals surface area contributed by atoms with Gasteiger partial charge in [-0.3, -0.25) is 24.1 Å². The van der Waals surface area contributed by atoms with Gasteiger partial charge < -0.3 is 26.0 Å². The monoisotopic (exact) mass is 303 g/mol. The molecule has 0 spiro atoms. The van der Waals surface area contributed by atoms with Crippen molar-refractivity contribution in [3.63, 3.8) is 0 Å². The molecule has 0 aromatic heterocycles. The Morgan fingerprint density at radius 1 is 1.10 bits per heavy atom. The standard InChI is InChI=1S/C11H17N3O7/c1-12-11(10(20)21)2-6(11)13-7(15)3-14(4-8(16)17)5-9(18)19/h6,12H,2-5H2,1H3,(H,13,15)(H,16,17)(H,18,19)(H,20,21). The molecule has 1 saturated carbocycles. The summed E-state index contributed by atoms with van der Waals surface area (Å²) in [6.07, 6.45) is 0.211. The van der Waals surface area contributed by atoms with E-state index in [-0.39, 0.29) is 6.42 Å². The summed E-state index contributed by atoms with van der Waals surface area (Å²) in [5, 5.41) is 31.4. The molecule has 10 nitrogen and oxygen atoms in total. The Labute approximate surface area is 119 Å². The molecule has 2 atom stereocenters. The van der Waals surface area contributed by atoms with E-state index in [4.69, 9.17) is 15.3 Å². The fraction of sp³-hybridized carbons (Fsp3) is 0.636. The normalized spacial score (nSPS) is 23.6. The maximum Gasteiger partial charge on any atom is 0.326 e. The summed E-state index contributed by atoms with van der Waals surface area (Å²) >= 11 is 0. The molecule has 5 N–H and O–H groups in total. The lowest BCUT2D eigenvalue weighted by molar-refractivity contribution is -0.142. The average molecular weight is 303 g/mol. The van der Waals surface area contributed by atoms with Crippen molar-refractivity contribution in [1.29, 1.82) is 0 Å². The van der Waals surface area contributed by atoms with E-state index in [0.717, 1.165) is 4.90 Å². The molecule has 0 saturated heterocycles. The molecule has 0 bridgehead atoms. The molecular formula is C11H17N3O7. The van der Waals surface area contributed by atoms with E-state index >= 15 is 0 Å². The van der Waals surface area contributed by atoms with Gasteiger partial charge in [0.15, 0.2) is 0 Å². The van der Waals surface area contributed by atoms with Gasteiger partial charge >= 0.3 is 17.9 Å². The van der Waals surface area contributed by atoms with E-state index in [0.29, 0.717) is 0 Å². The minimum absolute atomic E-state index is 0.211. The number of carboxylic acids is 3. The van der Waals surface area contributed by atoms with Gasteiger partial charge in [0.05, 0.1) is 25.7 Å². The Hall–Kier alpha value is -2.20. The Balaban J connectivity index is 2.53. The fourth-order valence-electron chi connectivity index (χ4n) is 2.05. The number of aliphatic carboxylic acids is 3. The van der Waals surface area contributed by atoms with E-state index < -0.39 is 55.0 Å². The van der Waals surface area contributed by atoms with Crippen LogP contribution in [0, 0.1) is 0 Å². The van der Waals surface area contributed by atoms with Gasteiger partial charge in [-0.05, 0) is 7.05 Å². The molecular weight excluding hydrogens is 286 g/mol. The van der Waals surface area contributed by atoms with Gasteiger partial charge in [0.2, 0.25) is 5.91 Å². The zero-order chi connectivity index (χ0) is 16.2. The van der Waals surface area contributed by atoms with Gasteiger partial charge in [-0.15, -0.1) is 0 Å². The van der Waals surface area contributed by atoms with Crippen molar-refractivity contribution >= 4 is 23.8 Å². The van der Waals surface area contributed by atoms with Crippen LogP contribution in [0.2, 0.25) is 0 Å².